The largest absolute Gasteiger partial charge is 0.357 e. The van der Waals surface area contributed by atoms with E-state index in [9.17, 15) is 9.18 Å². The monoisotopic (exact) mass is 535 g/mol. The average molecular weight is 535 g/mol. The number of halogens is 2. The van der Waals surface area contributed by atoms with Gasteiger partial charge in [0.2, 0.25) is 5.91 Å². The molecule has 1 amide bonds. The van der Waals surface area contributed by atoms with E-state index in [1.54, 1.807) is 12.1 Å². The highest BCUT2D eigenvalue weighted by Crippen LogP contribution is 2.04. The number of carbonyl (C=O) groups excluding carboxylic acids is 1. The number of nitrogens with zero attached hydrogens (tertiary/aromatic N) is 2. The Morgan fingerprint density at radius 2 is 1.93 bits per heavy atom. The summed E-state index contributed by atoms with van der Waals surface area (Å²) in [5.41, 5.74) is 0.666. The van der Waals surface area contributed by atoms with E-state index in [4.69, 9.17) is 0 Å². The van der Waals surface area contributed by atoms with Crippen molar-refractivity contribution in [3.63, 3.8) is 0 Å². The van der Waals surface area contributed by atoms with Gasteiger partial charge in [-0.2, -0.15) is 0 Å². The lowest BCUT2D eigenvalue weighted by Crippen LogP contribution is -2.43. The molecule has 1 rings (SSSR count). The summed E-state index contributed by atoms with van der Waals surface area (Å²) in [5.74, 6) is 0.309. The molecular formula is C22H39FIN5O. The van der Waals surface area contributed by atoms with E-state index >= 15 is 0 Å². The van der Waals surface area contributed by atoms with Gasteiger partial charge in [-0.05, 0) is 64.0 Å². The summed E-state index contributed by atoms with van der Waals surface area (Å²) in [7, 11) is 0. The Hall–Kier alpha value is -1.42. The molecule has 0 aliphatic carbocycles. The maximum Gasteiger partial charge on any atom is 0.224 e. The molecule has 6 nitrogen and oxygen atoms in total. The van der Waals surface area contributed by atoms with E-state index in [1.807, 2.05) is 6.92 Å². The summed E-state index contributed by atoms with van der Waals surface area (Å²) >= 11 is 0. The first-order valence-electron chi connectivity index (χ1n) is 10.8. The minimum atomic E-state index is -0.326. The summed E-state index contributed by atoms with van der Waals surface area (Å²) in [4.78, 5) is 18.9. The second-order valence-corrected chi connectivity index (χ2v) is 7.13. The molecule has 1 atom stereocenters. The lowest BCUT2D eigenvalue weighted by Gasteiger charge is -2.21. The van der Waals surface area contributed by atoms with Crippen LogP contribution in [-0.4, -0.2) is 62.1 Å². The lowest BCUT2D eigenvalue weighted by molar-refractivity contribution is -0.120. The van der Waals surface area contributed by atoms with Gasteiger partial charge >= 0.3 is 0 Å². The maximum atomic E-state index is 13.2. The number of hydrogen-bond donors (Lipinski definition) is 3. The van der Waals surface area contributed by atoms with Crippen molar-refractivity contribution in [2.45, 2.75) is 53.0 Å². The zero-order valence-corrected chi connectivity index (χ0v) is 21.2. The number of benzene rings is 1. The van der Waals surface area contributed by atoms with Crippen LogP contribution in [0.2, 0.25) is 0 Å². The third-order valence-corrected chi connectivity index (χ3v) is 4.69. The predicted molar refractivity (Wildman–Crippen MR) is 134 cm³/mol. The molecular weight excluding hydrogens is 496 g/mol. The van der Waals surface area contributed by atoms with Gasteiger partial charge in [0.05, 0.1) is 13.0 Å². The molecule has 0 spiro atoms. The van der Waals surface area contributed by atoms with Gasteiger partial charge < -0.3 is 20.9 Å². The molecule has 0 bridgehead atoms. The molecule has 0 aromatic heterocycles. The topological polar surface area (TPSA) is 68.8 Å². The summed E-state index contributed by atoms with van der Waals surface area (Å²) < 4.78 is 13.2. The van der Waals surface area contributed by atoms with Crippen LogP contribution in [0.3, 0.4) is 0 Å². The summed E-state index contributed by atoms with van der Waals surface area (Å²) in [6.45, 7) is 13.6. The fourth-order valence-electron chi connectivity index (χ4n) is 3.04. The number of nitrogens with one attached hydrogen (secondary N) is 3. The molecule has 172 valence electrons. The first kappa shape index (κ1) is 28.6. The van der Waals surface area contributed by atoms with Crippen molar-refractivity contribution in [2.75, 3.05) is 39.3 Å². The van der Waals surface area contributed by atoms with Crippen molar-refractivity contribution >= 4 is 35.8 Å². The zero-order valence-electron chi connectivity index (χ0n) is 18.8. The number of amides is 1. The molecule has 1 unspecified atom stereocenters. The van der Waals surface area contributed by atoms with Gasteiger partial charge in [-0.15, -0.1) is 24.0 Å². The Labute approximate surface area is 198 Å². The van der Waals surface area contributed by atoms with Gasteiger partial charge in [-0.1, -0.05) is 26.0 Å². The highest BCUT2D eigenvalue weighted by atomic mass is 127. The Morgan fingerprint density at radius 1 is 1.20 bits per heavy atom. The van der Waals surface area contributed by atoms with Gasteiger partial charge in [-0.25, -0.2) is 4.39 Å². The van der Waals surface area contributed by atoms with Crippen LogP contribution in [-0.2, 0) is 11.2 Å². The Balaban J connectivity index is 0.00000841. The fourth-order valence-corrected chi connectivity index (χ4v) is 3.04. The van der Waals surface area contributed by atoms with E-state index in [2.05, 4.69) is 46.6 Å². The van der Waals surface area contributed by atoms with E-state index in [-0.39, 0.29) is 42.1 Å². The number of rotatable bonds is 13. The van der Waals surface area contributed by atoms with Gasteiger partial charge in [-0.3, -0.25) is 9.79 Å². The van der Waals surface area contributed by atoms with Crippen molar-refractivity contribution < 1.29 is 9.18 Å². The highest BCUT2D eigenvalue weighted by molar-refractivity contribution is 14.0. The molecule has 1 aromatic carbocycles. The first-order valence-corrected chi connectivity index (χ1v) is 10.8. The smallest absolute Gasteiger partial charge is 0.224 e. The van der Waals surface area contributed by atoms with Crippen molar-refractivity contribution in [3.05, 3.63) is 35.6 Å². The molecule has 0 saturated heterocycles. The molecule has 0 heterocycles. The van der Waals surface area contributed by atoms with E-state index in [0.717, 1.165) is 45.0 Å². The zero-order chi connectivity index (χ0) is 21.5. The van der Waals surface area contributed by atoms with Gasteiger partial charge in [0.25, 0.3) is 0 Å². The van der Waals surface area contributed by atoms with Crippen LogP contribution in [0, 0.1) is 5.82 Å². The van der Waals surface area contributed by atoms with Crippen molar-refractivity contribution in [1.82, 2.24) is 20.9 Å². The molecule has 30 heavy (non-hydrogen) atoms. The molecule has 0 aliphatic heterocycles. The number of hydrogen-bond acceptors (Lipinski definition) is 3. The van der Waals surface area contributed by atoms with Crippen molar-refractivity contribution in [3.8, 4) is 0 Å². The van der Waals surface area contributed by atoms with Crippen LogP contribution in [0.1, 0.15) is 46.1 Å². The van der Waals surface area contributed by atoms with Gasteiger partial charge in [0, 0.05) is 19.1 Å². The molecule has 1 aromatic rings. The normalized spacial score (nSPS) is 12.3. The van der Waals surface area contributed by atoms with E-state index < -0.39 is 0 Å². The molecule has 0 fully saturated rings. The quantitative estimate of drug-likeness (QED) is 0.157. The predicted octanol–water partition coefficient (Wildman–Crippen LogP) is 3.17. The number of carbonyl (C=O) groups is 1. The van der Waals surface area contributed by atoms with E-state index in [1.165, 1.54) is 12.1 Å². The third-order valence-electron chi connectivity index (χ3n) is 4.69. The molecule has 0 saturated carbocycles. The van der Waals surface area contributed by atoms with Crippen LogP contribution in [0.15, 0.2) is 29.3 Å². The molecule has 0 radical (unpaired) electrons. The Bertz CT molecular complexity index is 625. The minimum Gasteiger partial charge on any atom is -0.357 e. The van der Waals surface area contributed by atoms with Crippen molar-refractivity contribution in [1.29, 1.82) is 0 Å². The second-order valence-electron chi connectivity index (χ2n) is 7.13. The maximum absolute atomic E-state index is 13.2. The SMILES string of the molecule is CCNC(=NCCNC(=O)Cc1cccc(F)c1)NC(C)CCCN(CC)CC.I. The fraction of sp³-hybridized carbons (Fsp3) is 0.636. The third kappa shape index (κ3) is 13.0. The minimum absolute atomic E-state index is 0. The van der Waals surface area contributed by atoms with Gasteiger partial charge in [0.15, 0.2) is 5.96 Å². The van der Waals surface area contributed by atoms with Crippen LogP contribution >= 0.6 is 24.0 Å². The van der Waals surface area contributed by atoms with Crippen molar-refractivity contribution in [2.24, 2.45) is 4.99 Å². The Morgan fingerprint density at radius 3 is 2.57 bits per heavy atom. The molecule has 8 heteroatoms. The number of aliphatic imine (C=N–C) groups is 1. The summed E-state index contributed by atoms with van der Waals surface area (Å²) in [5, 5.41) is 9.50. The highest BCUT2D eigenvalue weighted by Gasteiger charge is 2.07. The first-order chi connectivity index (χ1) is 14.0. The standard InChI is InChI=1S/C22H38FN5O.HI/c1-5-24-22(27-18(4)10-9-15-28(6-2)7-3)26-14-13-25-21(29)17-19-11-8-12-20(23)16-19;/h8,11-12,16,18H,5-7,9-10,13-15,17H2,1-4H3,(H,25,29)(H2,24,26,27);1H. The van der Waals surface area contributed by atoms with Crippen LogP contribution in [0.5, 0.6) is 0 Å². The lowest BCUT2D eigenvalue weighted by atomic mass is 10.1. The van der Waals surface area contributed by atoms with E-state index in [0.29, 0.717) is 24.7 Å². The Kier molecular flexibility index (Phi) is 16.5. The second kappa shape index (κ2) is 17.3. The van der Waals surface area contributed by atoms with Crippen LogP contribution < -0.4 is 16.0 Å². The molecule has 3 N–H and O–H groups in total. The summed E-state index contributed by atoms with van der Waals surface area (Å²) in [6.07, 6.45) is 2.39. The van der Waals surface area contributed by atoms with Crippen LogP contribution in [0.25, 0.3) is 0 Å². The number of guanidine groups is 1. The molecule has 0 aliphatic rings. The summed E-state index contributed by atoms with van der Waals surface area (Å²) in [6, 6.07) is 6.43. The van der Waals surface area contributed by atoms with Gasteiger partial charge in [0.1, 0.15) is 5.82 Å². The average Bonchev–Trinajstić information content (AvgIpc) is 2.68. The van der Waals surface area contributed by atoms with Crippen LogP contribution in [0.4, 0.5) is 4.39 Å².